The van der Waals surface area contributed by atoms with Crippen LogP contribution in [0.25, 0.3) is 11.0 Å². The maximum Gasteiger partial charge on any atom is 0.170 e. The summed E-state index contributed by atoms with van der Waals surface area (Å²) in [5.74, 6) is -1.21. The number of fused-ring (bicyclic) bond motifs is 1. The number of hydrogen-bond acceptors (Lipinski definition) is 3. The van der Waals surface area contributed by atoms with E-state index in [2.05, 4.69) is 4.40 Å². The molecule has 0 aliphatic heterocycles. The van der Waals surface area contributed by atoms with Crippen LogP contribution in [0, 0.1) is 11.6 Å². The van der Waals surface area contributed by atoms with Crippen molar-refractivity contribution in [1.29, 1.82) is 0 Å². The number of benzene rings is 1. The Bertz CT molecular complexity index is 631. The molecular formula is C13H13F2NO2S. The van der Waals surface area contributed by atoms with E-state index in [-0.39, 0.29) is 11.3 Å². The van der Waals surface area contributed by atoms with Crippen LogP contribution in [0.5, 0.6) is 0 Å². The van der Waals surface area contributed by atoms with Gasteiger partial charge in [0.2, 0.25) is 0 Å². The summed E-state index contributed by atoms with van der Waals surface area (Å²) in [6, 6.07) is 3.37. The number of furan rings is 1. The van der Waals surface area contributed by atoms with Gasteiger partial charge in [0.1, 0.15) is 28.1 Å². The van der Waals surface area contributed by atoms with Gasteiger partial charge in [0, 0.05) is 11.5 Å². The highest BCUT2D eigenvalue weighted by Crippen LogP contribution is 2.23. The molecule has 6 heteroatoms. The van der Waals surface area contributed by atoms with E-state index in [1.54, 1.807) is 20.8 Å². The van der Waals surface area contributed by atoms with Gasteiger partial charge in [-0.2, -0.15) is 0 Å². The maximum atomic E-state index is 13.4. The lowest BCUT2D eigenvalue weighted by Crippen LogP contribution is -2.25. The van der Waals surface area contributed by atoms with E-state index in [0.29, 0.717) is 5.39 Å². The Morgan fingerprint density at radius 3 is 2.58 bits per heavy atom. The summed E-state index contributed by atoms with van der Waals surface area (Å²) in [6.45, 7) is 5.36. The second-order valence-corrected chi connectivity index (χ2v) is 6.98. The van der Waals surface area contributed by atoms with Gasteiger partial charge in [-0.1, -0.05) is 4.40 Å². The highest BCUT2D eigenvalue weighted by Gasteiger charge is 2.26. The normalized spacial score (nSPS) is 14.4. The predicted molar refractivity (Wildman–Crippen MR) is 71.6 cm³/mol. The number of rotatable bonds is 2. The van der Waals surface area contributed by atoms with E-state index in [9.17, 15) is 13.3 Å². The summed E-state index contributed by atoms with van der Waals surface area (Å²) in [7, 11) is 0. The third kappa shape index (κ3) is 3.13. The van der Waals surface area contributed by atoms with Gasteiger partial charge in [0.25, 0.3) is 0 Å². The molecule has 2 rings (SSSR count). The molecule has 1 atom stereocenters. The van der Waals surface area contributed by atoms with Gasteiger partial charge < -0.3 is 8.97 Å². The minimum absolute atomic E-state index is 0.0376. The average molecular weight is 285 g/mol. The highest BCUT2D eigenvalue weighted by molar-refractivity contribution is 7.91. The lowest BCUT2D eigenvalue weighted by molar-refractivity contribution is 0.543. The molecule has 0 fully saturated rings. The summed E-state index contributed by atoms with van der Waals surface area (Å²) in [5, 5.41) is 0.306. The molecule has 0 bridgehead atoms. The first kappa shape index (κ1) is 14.0. The van der Waals surface area contributed by atoms with Crippen LogP contribution < -0.4 is 0 Å². The minimum Gasteiger partial charge on any atom is -0.591 e. The predicted octanol–water partition coefficient (Wildman–Crippen LogP) is 3.59. The molecule has 1 heterocycles. The number of hydrogen-bond donors (Lipinski definition) is 0. The smallest absolute Gasteiger partial charge is 0.170 e. The lowest BCUT2D eigenvalue weighted by Gasteiger charge is -2.17. The average Bonchev–Trinajstić information content (AvgIpc) is 2.67. The summed E-state index contributed by atoms with van der Waals surface area (Å²) >= 11 is -1.43. The van der Waals surface area contributed by atoms with Crippen molar-refractivity contribution in [3.05, 3.63) is 35.6 Å². The van der Waals surface area contributed by atoms with Gasteiger partial charge >= 0.3 is 0 Å². The van der Waals surface area contributed by atoms with E-state index in [1.165, 1.54) is 18.3 Å². The lowest BCUT2D eigenvalue weighted by atomic mass is 10.2. The fourth-order valence-corrected chi connectivity index (χ4v) is 1.93. The van der Waals surface area contributed by atoms with E-state index < -0.39 is 27.7 Å². The van der Waals surface area contributed by atoms with Crippen LogP contribution in [-0.4, -0.2) is 15.5 Å². The molecule has 1 aromatic carbocycles. The van der Waals surface area contributed by atoms with Crippen molar-refractivity contribution >= 4 is 28.5 Å². The standard InChI is InChI=1S/C13H13F2NO2S/c1-13(2,3)19(17)16-7-10-5-8-4-9(14)6-11(15)12(8)18-10/h4-7H,1-3H3/t19-/m0/s1. The van der Waals surface area contributed by atoms with Crippen LogP contribution in [0.1, 0.15) is 26.5 Å². The zero-order valence-corrected chi connectivity index (χ0v) is 11.6. The molecule has 0 N–H and O–H groups in total. The summed E-state index contributed by atoms with van der Waals surface area (Å²) in [6.07, 6.45) is 1.26. The summed E-state index contributed by atoms with van der Waals surface area (Å²) in [5.41, 5.74) is -0.0376. The summed E-state index contributed by atoms with van der Waals surface area (Å²) in [4.78, 5) is 0. The zero-order valence-electron chi connectivity index (χ0n) is 10.7. The monoisotopic (exact) mass is 285 g/mol. The van der Waals surface area contributed by atoms with Gasteiger partial charge in [0.15, 0.2) is 17.2 Å². The van der Waals surface area contributed by atoms with Gasteiger partial charge in [-0.3, -0.25) is 0 Å². The van der Waals surface area contributed by atoms with Crippen LogP contribution in [0.4, 0.5) is 8.78 Å². The molecule has 0 aliphatic carbocycles. The first-order valence-corrected chi connectivity index (χ1v) is 6.73. The van der Waals surface area contributed by atoms with Crippen molar-refractivity contribution in [2.75, 3.05) is 0 Å². The van der Waals surface area contributed by atoms with E-state index >= 15 is 0 Å². The SMILES string of the molecule is CC(C)(C)[S@+]([O-])N=Cc1cc2cc(F)cc(F)c2o1. The molecule has 0 radical (unpaired) electrons. The molecule has 0 unspecified atom stereocenters. The van der Waals surface area contributed by atoms with Crippen molar-refractivity contribution < 1.29 is 17.8 Å². The number of halogens is 2. The fraction of sp³-hybridized carbons (Fsp3) is 0.308. The second-order valence-electron chi connectivity index (χ2n) is 5.05. The quantitative estimate of drug-likeness (QED) is 0.625. The van der Waals surface area contributed by atoms with Crippen molar-refractivity contribution in [3.63, 3.8) is 0 Å². The van der Waals surface area contributed by atoms with Crippen molar-refractivity contribution in [2.24, 2.45) is 4.40 Å². The number of nitrogens with zero attached hydrogens (tertiary/aromatic N) is 1. The second kappa shape index (κ2) is 4.94. The van der Waals surface area contributed by atoms with Crippen molar-refractivity contribution in [1.82, 2.24) is 0 Å². The van der Waals surface area contributed by atoms with Gasteiger partial charge in [0.05, 0.1) is 0 Å². The Hall–Kier alpha value is -1.40. The molecule has 102 valence electrons. The van der Waals surface area contributed by atoms with Crippen LogP contribution >= 0.6 is 0 Å². The molecule has 0 spiro atoms. The molecular weight excluding hydrogens is 272 g/mol. The molecule has 3 nitrogen and oxygen atoms in total. The van der Waals surface area contributed by atoms with Gasteiger partial charge in [-0.05, 0) is 32.9 Å². The van der Waals surface area contributed by atoms with Gasteiger partial charge in [-0.25, -0.2) is 8.78 Å². The van der Waals surface area contributed by atoms with E-state index in [1.807, 2.05) is 0 Å². The topological polar surface area (TPSA) is 48.6 Å². The Morgan fingerprint density at radius 1 is 1.26 bits per heavy atom. The minimum atomic E-state index is -1.43. The van der Waals surface area contributed by atoms with Crippen LogP contribution in [0.2, 0.25) is 0 Å². The van der Waals surface area contributed by atoms with E-state index in [4.69, 9.17) is 4.42 Å². The van der Waals surface area contributed by atoms with Crippen molar-refractivity contribution in [3.8, 4) is 0 Å². The first-order valence-electron chi connectivity index (χ1n) is 5.62. The van der Waals surface area contributed by atoms with Crippen LogP contribution in [0.15, 0.2) is 27.0 Å². The third-order valence-corrected chi connectivity index (χ3v) is 3.70. The molecule has 0 amide bonds. The summed E-state index contributed by atoms with van der Waals surface area (Å²) < 4.78 is 46.7. The Labute approximate surface area is 112 Å². The fourth-order valence-electron chi connectivity index (χ4n) is 1.42. The van der Waals surface area contributed by atoms with Crippen molar-refractivity contribution in [2.45, 2.75) is 25.5 Å². The molecule has 0 saturated heterocycles. The Morgan fingerprint density at radius 2 is 1.95 bits per heavy atom. The third-order valence-electron chi connectivity index (χ3n) is 2.35. The largest absolute Gasteiger partial charge is 0.591 e. The Balaban J connectivity index is 2.32. The van der Waals surface area contributed by atoms with Crippen LogP contribution in [-0.2, 0) is 11.4 Å². The van der Waals surface area contributed by atoms with Crippen LogP contribution in [0.3, 0.4) is 0 Å². The van der Waals surface area contributed by atoms with E-state index in [0.717, 1.165) is 6.07 Å². The molecule has 19 heavy (non-hydrogen) atoms. The molecule has 1 aromatic heterocycles. The first-order chi connectivity index (χ1) is 8.77. The zero-order chi connectivity index (χ0) is 14.2. The highest BCUT2D eigenvalue weighted by atomic mass is 32.2. The maximum absolute atomic E-state index is 13.4. The molecule has 0 aliphatic rings. The Kier molecular flexibility index (Phi) is 3.64. The molecule has 0 saturated carbocycles. The molecule has 2 aromatic rings. The van der Waals surface area contributed by atoms with Gasteiger partial charge in [-0.15, -0.1) is 0 Å².